The van der Waals surface area contributed by atoms with Crippen molar-refractivity contribution < 1.29 is 9.53 Å². The molecule has 0 unspecified atom stereocenters. The number of carbonyl (C=O) groups excluding carboxylic acids is 1. The number of rotatable bonds is 3. The van der Waals surface area contributed by atoms with Gasteiger partial charge in [-0.25, -0.2) is 0 Å². The van der Waals surface area contributed by atoms with Crippen LogP contribution in [0.25, 0.3) is 0 Å². The molecule has 0 atom stereocenters. The lowest BCUT2D eigenvalue weighted by Crippen LogP contribution is -2.40. The first-order valence-electron chi connectivity index (χ1n) is 6.65. The van der Waals surface area contributed by atoms with Crippen LogP contribution in [0.2, 0.25) is 0 Å². The quantitative estimate of drug-likeness (QED) is 0.902. The summed E-state index contributed by atoms with van der Waals surface area (Å²) in [6.45, 7) is 5.60. The van der Waals surface area contributed by atoms with Crippen molar-refractivity contribution in [2.75, 3.05) is 18.5 Å². The van der Waals surface area contributed by atoms with Gasteiger partial charge in [-0.05, 0) is 31.9 Å². The van der Waals surface area contributed by atoms with E-state index in [1.807, 2.05) is 13.8 Å². The van der Waals surface area contributed by atoms with Crippen molar-refractivity contribution in [3.63, 3.8) is 0 Å². The van der Waals surface area contributed by atoms with Crippen LogP contribution in [0.5, 0.6) is 0 Å². The molecule has 1 aliphatic rings. The van der Waals surface area contributed by atoms with Crippen molar-refractivity contribution in [1.82, 2.24) is 4.57 Å². The van der Waals surface area contributed by atoms with E-state index in [0.717, 1.165) is 0 Å². The van der Waals surface area contributed by atoms with Crippen molar-refractivity contribution in [2.45, 2.75) is 33.2 Å². The summed E-state index contributed by atoms with van der Waals surface area (Å²) in [4.78, 5) is 24.4. The highest BCUT2D eigenvalue weighted by atomic mass is 16.5. The van der Waals surface area contributed by atoms with E-state index in [1.165, 1.54) is 0 Å². The van der Waals surface area contributed by atoms with Gasteiger partial charge in [-0.15, -0.1) is 0 Å². The molecule has 1 N–H and O–H groups in total. The third-order valence-electron chi connectivity index (χ3n) is 3.75. The number of hydrogen-bond acceptors (Lipinski definition) is 3. The molecule has 1 fully saturated rings. The molecule has 1 aromatic rings. The third kappa shape index (κ3) is 2.87. The lowest BCUT2D eigenvalue weighted by atomic mass is 9.81. The number of pyridine rings is 1. The smallest absolute Gasteiger partial charge is 0.274 e. The minimum absolute atomic E-state index is 0.0956. The molecular weight excluding hydrogens is 244 g/mol. The molecule has 0 radical (unpaired) electrons. The first-order chi connectivity index (χ1) is 9.07. The van der Waals surface area contributed by atoms with E-state index in [9.17, 15) is 9.59 Å². The van der Waals surface area contributed by atoms with Gasteiger partial charge in [0.25, 0.3) is 5.56 Å². The number of hydrogen-bond donors (Lipinski definition) is 1. The number of nitrogens with one attached hydrogen (secondary N) is 1. The SMILES string of the molecule is CCn1cccc(NC(=O)C2(C)CCOCC2)c1=O. The zero-order valence-corrected chi connectivity index (χ0v) is 11.4. The van der Waals surface area contributed by atoms with Crippen LogP contribution in [0.1, 0.15) is 26.7 Å². The molecule has 19 heavy (non-hydrogen) atoms. The van der Waals surface area contributed by atoms with E-state index in [0.29, 0.717) is 38.3 Å². The van der Waals surface area contributed by atoms with Crippen LogP contribution in [-0.2, 0) is 16.1 Å². The van der Waals surface area contributed by atoms with Crippen molar-refractivity contribution in [1.29, 1.82) is 0 Å². The number of ether oxygens (including phenoxy) is 1. The van der Waals surface area contributed by atoms with E-state index in [1.54, 1.807) is 22.9 Å². The van der Waals surface area contributed by atoms with E-state index >= 15 is 0 Å². The van der Waals surface area contributed by atoms with Gasteiger partial charge >= 0.3 is 0 Å². The Bertz CT molecular complexity index is 516. The molecular formula is C14H20N2O3. The highest BCUT2D eigenvalue weighted by molar-refractivity contribution is 5.94. The number of anilines is 1. The van der Waals surface area contributed by atoms with E-state index in [-0.39, 0.29) is 11.5 Å². The summed E-state index contributed by atoms with van der Waals surface area (Å²) in [5.74, 6) is -0.0956. The van der Waals surface area contributed by atoms with E-state index in [4.69, 9.17) is 4.74 Å². The second-order valence-corrected chi connectivity index (χ2v) is 5.14. The summed E-state index contributed by atoms with van der Waals surface area (Å²) in [6.07, 6.45) is 3.09. The fourth-order valence-corrected chi connectivity index (χ4v) is 2.20. The van der Waals surface area contributed by atoms with Crippen LogP contribution in [0, 0.1) is 5.41 Å². The van der Waals surface area contributed by atoms with Crippen LogP contribution in [0.15, 0.2) is 23.1 Å². The minimum atomic E-state index is -0.447. The second-order valence-electron chi connectivity index (χ2n) is 5.14. The molecule has 1 aromatic heterocycles. The maximum absolute atomic E-state index is 12.3. The summed E-state index contributed by atoms with van der Waals surface area (Å²) in [7, 11) is 0. The van der Waals surface area contributed by atoms with Gasteiger partial charge in [0.2, 0.25) is 5.91 Å². The van der Waals surface area contributed by atoms with Crippen LogP contribution in [0.3, 0.4) is 0 Å². The molecule has 0 aliphatic carbocycles. The third-order valence-corrected chi connectivity index (χ3v) is 3.75. The lowest BCUT2D eigenvalue weighted by Gasteiger charge is -2.31. The number of amides is 1. The highest BCUT2D eigenvalue weighted by Gasteiger charge is 2.35. The average molecular weight is 264 g/mol. The fourth-order valence-electron chi connectivity index (χ4n) is 2.20. The Morgan fingerprint density at radius 2 is 2.16 bits per heavy atom. The number of aromatic nitrogens is 1. The van der Waals surface area contributed by atoms with Crippen molar-refractivity contribution in [3.05, 3.63) is 28.7 Å². The molecule has 2 rings (SSSR count). The monoisotopic (exact) mass is 264 g/mol. The molecule has 5 nitrogen and oxygen atoms in total. The Labute approximate surface area is 112 Å². The molecule has 0 spiro atoms. The van der Waals surface area contributed by atoms with E-state index in [2.05, 4.69) is 5.32 Å². The number of aryl methyl sites for hydroxylation is 1. The molecule has 0 aromatic carbocycles. The number of carbonyl (C=O) groups is 1. The summed E-state index contributed by atoms with van der Waals surface area (Å²) < 4.78 is 6.85. The van der Waals surface area contributed by atoms with Gasteiger partial charge < -0.3 is 14.6 Å². The Hall–Kier alpha value is -1.62. The van der Waals surface area contributed by atoms with Gasteiger partial charge in [0, 0.05) is 26.0 Å². The normalized spacial score (nSPS) is 18.0. The maximum Gasteiger partial charge on any atom is 0.274 e. The summed E-state index contributed by atoms with van der Waals surface area (Å²) in [6, 6.07) is 3.42. The standard InChI is InChI=1S/C14H20N2O3/c1-3-16-8-4-5-11(12(16)17)15-13(18)14(2)6-9-19-10-7-14/h4-5,8H,3,6-7,9-10H2,1-2H3,(H,15,18). The van der Waals surface area contributed by atoms with Crippen molar-refractivity contribution in [3.8, 4) is 0 Å². The maximum atomic E-state index is 12.3. The molecule has 2 heterocycles. The Kier molecular flexibility index (Phi) is 4.04. The molecule has 1 amide bonds. The molecule has 0 saturated carbocycles. The van der Waals surface area contributed by atoms with Gasteiger partial charge in [0.05, 0.1) is 5.41 Å². The van der Waals surface area contributed by atoms with Crippen LogP contribution in [0.4, 0.5) is 5.69 Å². The largest absolute Gasteiger partial charge is 0.381 e. The Balaban J connectivity index is 2.17. The first kappa shape index (κ1) is 13.8. The van der Waals surface area contributed by atoms with Gasteiger partial charge in [0.15, 0.2) is 0 Å². The predicted octanol–water partition coefficient (Wildman–Crippen LogP) is 1.62. The second kappa shape index (κ2) is 5.57. The molecule has 1 saturated heterocycles. The van der Waals surface area contributed by atoms with E-state index < -0.39 is 5.41 Å². The van der Waals surface area contributed by atoms with Crippen LogP contribution < -0.4 is 10.9 Å². The zero-order chi connectivity index (χ0) is 13.9. The molecule has 104 valence electrons. The highest BCUT2D eigenvalue weighted by Crippen LogP contribution is 2.30. The fraction of sp³-hybridized carbons (Fsp3) is 0.571. The first-order valence-corrected chi connectivity index (χ1v) is 6.65. The summed E-state index contributed by atoms with van der Waals surface area (Å²) >= 11 is 0. The van der Waals surface area contributed by atoms with Gasteiger partial charge in [-0.1, -0.05) is 6.92 Å². The number of nitrogens with zero attached hydrogens (tertiary/aromatic N) is 1. The lowest BCUT2D eigenvalue weighted by molar-refractivity contribution is -0.129. The summed E-state index contributed by atoms with van der Waals surface area (Å²) in [5.41, 5.74) is -0.256. The Morgan fingerprint density at radius 3 is 2.79 bits per heavy atom. The topological polar surface area (TPSA) is 60.3 Å². The van der Waals surface area contributed by atoms with Crippen LogP contribution >= 0.6 is 0 Å². The minimum Gasteiger partial charge on any atom is -0.381 e. The van der Waals surface area contributed by atoms with Crippen molar-refractivity contribution >= 4 is 11.6 Å². The van der Waals surface area contributed by atoms with Crippen LogP contribution in [-0.4, -0.2) is 23.7 Å². The summed E-state index contributed by atoms with van der Waals surface area (Å²) in [5, 5.41) is 2.77. The van der Waals surface area contributed by atoms with Gasteiger partial charge in [-0.3, -0.25) is 9.59 Å². The Morgan fingerprint density at radius 1 is 1.47 bits per heavy atom. The predicted molar refractivity (Wildman–Crippen MR) is 73.2 cm³/mol. The van der Waals surface area contributed by atoms with Gasteiger partial charge in [-0.2, -0.15) is 0 Å². The average Bonchev–Trinajstić information content (AvgIpc) is 2.42. The molecule has 5 heteroatoms. The molecule has 0 bridgehead atoms. The zero-order valence-electron chi connectivity index (χ0n) is 11.4. The van der Waals surface area contributed by atoms with Crippen molar-refractivity contribution in [2.24, 2.45) is 5.41 Å². The molecule has 1 aliphatic heterocycles. The van der Waals surface area contributed by atoms with Gasteiger partial charge in [0.1, 0.15) is 5.69 Å².